The molecule has 0 fully saturated rings. The van der Waals surface area contributed by atoms with Crippen molar-refractivity contribution in [3.63, 3.8) is 0 Å². The van der Waals surface area contributed by atoms with Crippen molar-refractivity contribution in [3.05, 3.63) is 29.6 Å². The molecule has 0 amide bonds. The summed E-state index contributed by atoms with van der Waals surface area (Å²) in [5, 5.41) is -0.561. The monoisotopic (exact) mass is 378 g/mol. The van der Waals surface area contributed by atoms with Crippen LogP contribution in [0.5, 0.6) is 0 Å². The van der Waals surface area contributed by atoms with Crippen LogP contribution in [0.4, 0.5) is 13.2 Å². The minimum atomic E-state index is -4.70. The van der Waals surface area contributed by atoms with E-state index in [4.69, 9.17) is 13.3 Å². The van der Waals surface area contributed by atoms with Crippen LogP contribution >= 0.6 is 0 Å². The first kappa shape index (κ1) is 20.7. The number of hydrogen-bond donors (Lipinski definition) is 0. The zero-order valence-corrected chi connectivity index (χ0v) is 14.9. The van der Waals surface area contributed by atoms with Crippen LogP contribution in [0.3, 0.4) is 0 Å². The maximum atomic E-state index is 13.6. The van der Waals surface area contributed by atoms with E-state index in [-0.39, 0.29) is 19.3 Å². The molecular formula is C15H17F3O6Si. The van der Waals surface area contributed by atoms with E-state index in [0.717, 1.165) is 0 Å². The first-order chi connectivity index (χ1) is 11.7. The quantitative estimate of drug-likeness (QED) is 0.534. The van der Waals surface area contributed by atoms with Crippen molar-refractivity contribution in [1.29, 1.82) is 0 Å². The average molecular weight is 378 g/mol. The van der Waals surface area contributed by atoms with Crippen molar-refractivity contribution >= 4 is 31.9 Å². The molecule has 0 atom stereocenters. The van der Waals surface area contributed by atoms with Gasteiger partial charge in [0, 0.05) is 19.3 Å². The summed E-state index contributed by atoms with van der Waals surface area (Å²) < 4.78 is 55.5. The zero-order valence-electron chi connectivity index (χ0n) is 13.9. The molecule has 0 aromatic heterocycles. The fourth-order valence-corrected chi connectivity index (χ4v) is 4.06. The van der Waals surface area contributed by atoms with E-state index in [1.807, 2.05) is 0 Å². The smallest absolute Gasteiger partial charge is 0.452 e. The third-order valence-corrected chi connectivity index (χ3v) is 5.43. The van der Waals surface area contributed by atoms with E-state index >= 15 is 0 Å². The molecule has 0 heterocycles. The lowest BCUT2D eigenvalue weighted by atomic mass is 10.3. The maximum Gasteiger partial charge on any atom is 0.743 e. The number of halogens is 3. The number of carbonyl (C=O) groups excluding carboxylic acids is 3. The number of rotatable bonds is 7. The minimum absolute atomic E-state index is 0.186. The van der Waals surface area contributed by atoms with Crippen molar-refractivity contribution in [2.75, 3.05) is 0 Å². The maximum absolute atomic E-state index is 13.6. The Labute approximate surface area is 143 Å². The van der Waals surface area contributed by atoms with E-state index in [9.17, 15) is 27.6 Å². The van der Waals surface area contributed by atoms with Gasteiger partial charge in [-0.2, -0.15) is 0 Å². The van der Waals surface area contributed by atoms with Gasteiger partial charge in [0.15, 0.2) is 17.5 Å². The standard InChI is InChI=1S/C15H17F3O6Si/c1-4-12(19)22-25(23-13(20)5-2,24-14(21)6-3)9-7-10(16)15(18)11(17)8-9/h7-8H,4-6H2,1-3H3. The van der Waals surface area contributed by atoms with Crippen molar-refractivity contribution in [2.24, 2.45) is 0 Å². The summed E-state index contributed by atoms with van der Waals surface area (Å²) >= 11 is 0. The molecule has 138 valence electrons. The molecule has 0 radical (unpaired) electrons. The molecule has 0 spiro atoms. The first-order valence-electron chi connectivity index (χ1n) is 7.49. The van der Waals surface area contributed by atoms with Crippen LogP contribution in [0.1, 0.15) is 40.0 Å². The van der Waals surface area contributed by atoms with Crippen LogP contribution in [0.25, 0.3) is 0 Å². The van der Waals surface area contributed by atoms with E-state index < -0.39 is 49.4 Å². The number of benzene rings is 1. The third kappa shape index (κ3) is 5.05. The Morgan fingerprint density at radius 3 is 1.40 bits per heavy atom. The normalized spacial score (nSPS) is 11.0. The van der Waals surface area contributed by atoms with Gasteiger partial charge >= 0.3 is 8.80 Å². The molecule has 6 nitrogen and oxygen atoms in total. The van der Waals surface area contributed by atoms with Gasteiger partial charge in [-0.1, -0.05) is 20.8 Å². The molecule has 0 aliphatic carbocycles. The highest BCUT2D eigenvalue weighted by Gasteiger charge is 2.56. The molecule has 1 aromatic rings. The third-order valence-electron chi connectivity index (χ3n) is 2.95. The summed E-state index contributed by atoms with van der Waals surface area (Å²) in [7, 11) is -4.70. The van der Waals surface area contributed by atoms with Gasteiger partial charge in [0.2, 0.25) is 0 Å². The van der Waals surface area contributed by atoms with E-state index in [0.29, 0.717) is 12.1 Å². The second kappa shape index (κ2) is 8.65. The van der Waals surface area contributed by atoms with Gasteiger partial charge in [0.1, 0.15) is 0 Å². The van der Waals surface area contributed by atoms with Gasteiger partial charge in [-0.05, 0) is 12.1 Å². The van der Waals surface area contributed by atoms with Crippen molar-refractivity contribution in [3.8, 4) is 0 Å². The lowest BCUT2D eigenvalue weighted by molar-refractivity contribution is -0.149. The Morgan fingerprint density at radius 1 is 0.800 bits per heavy atom. The Balaban J connectivity index is 3.56. The summed E-state index contributed by atoms with van der Waals surface area (Å²) in [5.41, 5.74) is 0. The van der Waals surface area contributed by atoms with Crippen molar-refractivity contribution in [1.82, 2.24) is 0 Å². The molecular weight excluding hydrogens is 361 g/mol. The summed E-state index contributed by atoms with van der Waals surface area (Å²) in [4.78, 5) is 35.2. The fraction of sp³-hybridized carbons (Fsp3) is 0.400. The molecule has 0 N–H and O–H groups in total. The van der Waals surface area contributed by atoms with Crippen molar-refractivity contribution in [2.45, 2.75) is 40.0 Å². The molecule has 0 saturated heterocycles. The highest BCUT2D eigenvalue weighted by Crippen LogP contribution is 2.18. The van der Waals surface area contributed by atoms with E-state index in [1.54, 1.807) is 0 Å². The second-order valence-corrected chi connectivity index (χ2v) is 7.10. The Morgan fingerprint density at radius 2 is 1.12 bits per heavy atom. The average Bonchev–Trinajstić information content (AvgIpc) is 2.58. The molecule has 1 aromatic carbocycles. The molecule has 0 unspecified atom stereocenters. The van der Waals surface area contributed by atoms with Crippen molar-refractivity contribution < 1.29 is 40.8 Å². The van der Waals surface area contributed by atoms with Gasteiger partial charge in [-0.15, -0.1) is 0 Å². The molecule has 0 bridgehead atoms. The highest BCUT2D eigenvalue weighted by atomic mass is 28.4. The van der Waals surface area contributed by atoms with Crippen LogP contribution < -0.4 is 5.19 Å². The van der Waals surface area contributed by atoms with Gasteiger partial charge in [0.25, 0.3) is 17.9 Å². The second-order valence-electron chi connectivity index (χ2n) is 4.79. The van der Waals surface area contributed by atoms with Crippen LogP contribution in [0, 0.1) is 17.5 Å². The topological polar surface area (TPSA) is 78.9 Å². The Kier molecular flexibility index (Phi) is 7.16. The highest BCUT2D eigenvalue weighted by molar-refractivity contribution is 6.79. The summed E-state index contributed by atoms with van der Waals surface area (Å²) in [5.74, 6) is -7.77. The van der Waals surface area contributed by atoms with Crippen LogP contribution in [0.15, 0.2) is 12.1 Å². The first-order valence-corrected chi connectivity index (χ1v) is 9.22. The lowest BCUT2D eigenvalue weighted by Gasteiger charge is -2.27. The van der Waals surface area contributed by atoms with Gasteiger partial charge in [-0.25, -0.2) is 13.2 Å². The predicted octanol–water partition coefficient (Wildman–Crippen LogP) is 2.11. The molecule has 0 aliphatic heterocycles. The fourth-order valence-electron chi connectivity index (χ4n) is 1.64. The van der Waals surface area contributed by atoms with Gasteiger partial charge in [-0.3, -0.25) is 14.4 Å². The summed E-state index contributed by atoms with van der Waals surface area (Å²) in [6.07, 6.45) is -0.559. The summed E-state index contributed by atoms with van der Waals surface area (Å²) in [6.45, 7) is 4.24. The van der Waals surface area contributed by atoms with Crippen LogP contribution in [-0.2, 0) is 27.7 Å². The predicted molar refractivity (Wildman–Crippen MR) is 80.9 cm³/mol. The van der Waals surface area contributed by atoms with Crippen LogP contribution in [0.2, 0.25) is 0 Å². The largest absolute Gasteiger partial charge is 0.743 e. The summed E-state index contributed by atoms with van der Waals surface area (Å²) in [6, 6.07) is 0.943. The molecule has 0 saturated carbocycles. The minimum Gasteiger partial charge on any atom is -0.452 e. The molecule has 0 aliphatic rings. The number of carbonyl (C=O) groups is 3. The van der Waals surface area contributed by atoms with E-state index in [2.05, 4.69) is 0 Å². The zero-order chi connectivity index (χ0) is 19.2. The van der Waals surface area contributed by atoms with Gasteiger partial charge < -0.3 is 13.3 Å². The van der Waals surface area contributed by atoms with Gasteiger partial charge in [0.05, 0.1) is 5.19 Å². The lowest BCUT2D eigenvalue weighted by Crippen LogP contribution is -2.60. The molecule has 10 heteroatoms. The van der Waals surface area contributed by atoms with Crippen LogP contribution in [-0.4, -0.2) is 26.7 Å². The molecule has 25 heavy (non-hydrogen) atoms. The van der Waals surface area contributed by atoms with E-state index in [1.165, 1.54) is 20.8 Å². The SMILES string of the molecule is CCC(=O)O[Si](OC(=O)CC)(OC(=O)CC)c1cc(F)c(F)c(F)c1. The molecule has 1 rings (SSSR count). The number of hydrogen-bond acceptors (Lipinski definition) is 6. The Bertz CT molecular complexity index is 611. The Hall–Kier alpha value is -2.36.